The molecule has 2 rings (SSSR count). The van der Waals surface area contributed by atoms with Crippen LogP contribution in [0.3, 0.4) is 0 Å². The van der Waals surface area contributed by atoms with Crippen molar-refractivity contribution in [1.29, 1.82) is 0 Å². The quantitative estimate of drug-likeness (QED) is 0.637. The first-order valence-corrected chi connectivity index (χ1v) is 6.22. The van der Waals surface area contributed by atoms with Gasteiger partial charge in [0.15, 0.2) is 0 Å². The van der Waals surface area contributed by atoms with Crippen molar-refractivity contribution in [3.8, 4) is 0 Å². The van der Waals surface area contributed by atoms with E-state index in [4.69, 9.17) is 11.3 Å². The number of carbonyl (C=O) groups is 1. The Hall–Kier alpha value is -2.56. The molecule has 0 saturated heterocycles. The van der Waals surface area contributed by atoms with E-state index in [0.29, 0.717) is 0 Å². The maximum atomic E-state index is 13.1. The fourth-order valence-electron chi connectivity index (χ4n) is 1.87. The second-order valence-electron chi connectivity index (χ2n) is 5.58. The standard InChI is InChI=1S/C14H12F3N3O2/c1-13(2,3)22-12(21)9-8-5-7(18-4)6-19-11(8)20-10(9)14(15,16)17/h5-6H,1-3H3,(H,19,20). The number of aromatic nitrogens is 2. The molecule has 0 unspecified atom stereocenters. The normalized spacial score (nSPS) is 12.2. The van der Waals surface area contributed by atoms with Crippen molar-refractivity contribution in [3.05, 3.63) is 34.9 Å². The van der Waals surface area contributed by atoms with E-state index in [2.05, 4.69) is 14.8 Å². The van der Waals surface area contributed by atoms with Crippen LogP contribution in [-0.4, -0.2) is 21.5 Å². The van der Waals surface area contributed by atoms with Crippen LogP contribution in [-0.2, 0) is 10.9 Å². The monoisotopic (exact) mass is 311 g/mol. The fraction of sp³-hybridized carbons (Fsp3) is 0.357. The van der Waals surface area contributed by atoms with E-state index in [1.807, 2.05) is 0 Å². The third-order valence-electron chi connectivity index (χ3n) is 2.65. The fourth-order valence-corrected chi connectivity index (χ4v) is 1.87. The average Bonchev–Trinajstić information content (AvgIpc) is 2.74. The SMILES string of the molecule is [C-]#[N+]c1cnc2[nH]c(C(F)(F)F)c(C(=O)OC(C)(C)C)c2c1. The minimum Gasteiger partial charge on any atom is -0.456 e. The number of ether oxygens (including phenoxy) is 1. The topological polar surface area (TPSA) is 59.3 Å². The summed E-state index contributed by atoms with van der Waals surface area (Å²) in [6, 6.07) is 1.18. The average molecular weight is 311 g/mol. The number of nitrogens with one attached hydrogen (secondary N) is 1. The second kappa shape index (κ2) is 5.02. The van der Waals surface area contributed by atoms with Crippen molar-refractivity contribution in [1.82, 2.24) is 9.97 Å². The Kier molecular flexibility index (Phi) is 3.61. The van der Waals surface area contributed by atoms with Crippen molar-refractivity contribution >= 4 is 22.7 Å². The molecule has 0 spiro atoms. The van der Waals surface area contributed by atoms with Crippen LogP contribution < -0.4 is 0 Å². The molecular formula is C14H12F3N3O2. The molecule has 22 heavy (non-hydrogen) atoms. The number of nitrogens with zero attached hydrogens (tertiary/aromatic N) is 2. The number of fused-ring (bicyclic) bond motifs is 1. The van der Waals surface area contributed by atoms with E-state index in [1.54, 1.807) is 20.8 Å². The molecule has 0 saturated carbocycles. The molecule has 0 aromatic carbocycles. The van der Waals surface area contributed by atoms with Crippen molar-refractivity contribution < 1.29 is 22.7 Å². The maximum Gasteiger partial charge on any atom is 0.432 e. The molecule has 0 aliphatic carbocycles. The lowest BCUT2D eigenvalue weighted by molar-refractivity contribution is -0.141. The molecule has 0 radical (unpaired) electrons. The number of pyridine rings is 1. The van der Waals surface area contributed by atoms with Gasteiger partial charge in [-0.15, -0.1) is 0 Å². The number of rotatable bonds is 1. The van der Waals surface area contributed by atoms with Gasteiger partial charge < -0.3 is 9.72 Å². The summed E-state index contributed by atoms with van der Waals surface area (Å²) >= 11 is 0. The highest BCUT2D eigenvalue weighted by molar-refractivity contribution is 6.05. The first-order valence-electron chi connectivity index (χ1n) is 6.22. The van der Waals surface area contributed by atoms with Gasteiger partial charge in [-0.05, 0) is 26.8 Å². The molecule has 2 aromatic rings. The van der Waals surface area contributed by atoms with Gasteiger partial charge in [-0.1, -0.05) is 0 Å². The first kappa shape index (κ1) is 15.8. The molecule has 2 aromatic heterocycles. The summed E-state index contributed by atoms with van der Waals surface area (Å²) in [7, 11) is 0. The minimum absolute atomic E-state index is 0.0324. The molecule has 0 bridgehead atoms. The lowest BCUT2D eigenvalue weighted by Crippen LogP contribution is -2.25. The number of halogens is 3. The summed E-state index contributed by atoms with van der Waals surface area (Å²) < 4.78 is 44.4. The highest BCUT2D eigenvalue weighted by Crippen LogP contribution is 2.36. The van der Waals surface area contributed by atoms with Gasteiger partial charge >= 0.3 is 12.1 Å². The summed E-state index contributed by atoms with van der Waals surface area (Å²) in [5, 5.41) is -0.0879. The van der Waals surface area contributed by atoms with Gasteiger partial charge in [-0.2, -0.15) is 13.2 Å². The molecular weight excluding hydrogens is 299 g/mol. The van der Waals surface area contributed by atoms with Crippen LogP contribution in [0, 0.1) is 6.57 Å². The molecule has 0 atom stereocenters. The zero-order valence-corrected chi connectivity index (χ0v) is 12.0. The molecule has 0 amide bonds. The predicted octanol–water partition coefficient (Wildman–Crippen LogP) is 4.09. The number of hydrogen-bond acceptors (Lipinski definition) is 3. The summed E-state index contributed by atoms with van der Waals surface area (Å²) in [4.78, 5) is 21.1. The largest absolute Gasteiger partial charge is 0.456 e. The van der Waals surface area contributed by atoms with E-state index >= 15 is 0 Å². The highest BCUT2D eigenvalue weighted by Gasteiger charge is 2.40. The Balaban J connectivity index is 2.72. The Morgan fingerprint density at radius 1 is 1.36 bits per heavy atom. The molecule has 0 aliphatic heterocycles. The van der Waals surface area contributed by atoms with Gasteiger partial charge in [-0.25, -0.2) is 9.64 Å². The number of alkyl halides is 3. The van der Waals surface area contributed by atoms with Gasteiger partial charge in [0.1, 0.15) is 16.9 Å². The van der Waals surface area contributed by atoms with Crippen LogP contribution in [0.15, 0.2) is 12.3 Å². The summed E-state index contributed by atoms with van der Waals surface area (Å²) in [5.41, 5.74) is -2.93. The summed E-state index contributed by atoms with van der Waals surface area (Å²) in [6.07, 6.45) is -3.64. The van der Waals surface area contributed by atoms with Crippen LogP contribution in [0.5, 0.6) is 0 Å². The lowest BCUT2D eigenvalue weighted by Gasteiger charge is -2.20. The third kappa shape index (κ3) is 3.03. The van der Waals surface area contributed by atoms with Crippen molar-refractivity contribution in [2.75, 3.05) is 0 Å². The van der Waals surface area contributed by atoms with E-state index in [1.165, 1.54) is 6.07 Å². The first-order chi connectivity index (χ1) is 10.0. The molecule has 5 nitrogen and oxygen atoms in total. The van der Waals surface area contributed by atoms with E-state index in [0.717, 1.165) is 6.20 Å². The van der Waals surface area contributed by atoms with Gasteiger partial charge in [0.25, 0.3) is 0 Å². The number of H-pyrrole nitrogens is 1. The predicted molar refractivity (Wildman–Crippen MR) is 72.5 cm³/mol. The third-order valence-corrected chi connectivity index (χ3v) is 2.65. The molecule has 1 N–H and O–H groups in total. The molecule has 8 heteroatoms. The maximum absolute atomic E-state index is 13.1. The molecule has 0 fully saturated rings. The van der Waals surface area contributed by atoms with Crippen LogP contribution in [0.4, 0.5) is 18.9 Å². The Bertz CT molecular complexity index is 779. The molecule has 116 valence electrons. The number of aromatic amines is 1. The summed E-state index contributed by atoms with van der Waals surface area (Å²) in [6.45, 7) is 11.6. The minimum atomic E-state index is -4.77. The Labute approximate surface area is 123 Å². The van der Waals surface area contributed by atoms with Gasteiger partial charge in [-0.3, -0.25) is 4.98 Å². The lowest BCUT2D eigenvalue weighted by atomic mass is 10.1. The second-order valence-corrected chi connectivity index (χ2v) is 5.58. The molecule has 2 heterocycles. The Morgan fingerprint density at radius 2 is 2.00 bits per heavy atom. The van der Waals surface area contributed by atoms with Crippen LogP contribution >= 0.6 is 0 Å². The van der Waals surface area contributed by atoms with Crippen molar-refractivity contribution in [3.63, 3.8) is 0 Å². The number of carbonyl (C=O) groups excluding carboxylic acids is 1. The van der Waals surface area contributed by atoms with Crippen molar-refractivity contribution in [2.45, 2.75) is 32.5 Å². The Morgan fingerprint density at radius 3 is 2.50 bits per heavy atom. The van der Waals surface area contributed by atoms with Gasteiger partial charge in [0.2, 0.25) is 5.69 Å². The van der Waals surface area contributed by atoms with Crippen molar-refractivity contribution in [2.24, 2.45) is 0 Å². The van der Waals surface area contributed by atoms with Gasteiger partial charge in [0, 0.05) is 11.6 Å². The van der Waals surface area contributed by atoms with E-state index in [-0.39, 0.29) is 16.7 Å². The number of esters is 1. The van der Waals surface area contributed by atoms with Gasteiger partial charge in [0.05, 0.1) is 12.1 Å². The zero-order valence-electron chi connectivity index (χ0n) is 12.0. The molecule has 0 aliphatic rings. The van der Waals surface area contributed by atoms with E-state index in [9.17, 15) is 18.0 Å². The van der Waals surface area contributed by atoms with Crippen LogP contribution in [0.1, 0.15) is 36.8 Å². The van der Waals surface area contributed by atoms with Crippen LogP contribution in [0.25, 0.3) is 15.9 Å². The van der Waals surface area contributed by atoms with Crippen LogP contribution in [0.2, 0.25) is 0 Å². The van der Waals surface area contributed by atoms with E-state index < -0.39 is 29.0 Å². The zero-order chi connectivity index (χ0) is 16.7. The number of hydrogen-bond donors (Lipinski definition) is 1. The summed E-state index contributed by atoms with van der Waals surface area (Å²) in [5.74, 6) is -1.12. The highest BCUT2D eigenvalue weighted by atomic mass is 19.4. The smallest absolute Gasteiger partial charge is 0.432 e.